The van der Waals surface area contributed by atoms with Crippen LogP contribution in [0.15, 0.2) is 24.3 Å². The minimum absolute atomic E-state index is 0.0283. The van der Waals surface area contributed by atoms with Gasteiger partial charge in [0, 0.05) is 0 Å². The Morgan fingerprint density at radius 3 is 2.24 bits per heavy atom. The molecule has 2 aromatic rings. The Bertz CT molecular complexity index is 620. The lowest BCUT2D eigenvalue weighted by Crippen LogP contribution is -2.04. The van der Waals surface area contributed by atoms with E-state index < -0.39 is 11.7 Å². The molecular weight excluding hydrogens is 311 g/mol. The SMILES string of the molecule is CCOc1nc(Cl)nc(Oc2ccc(C(F)(F)F)cc2)n1. The van der Waals surface area contributed by atoms with Gasteiger partial charge < -0.3 is 9.47 Å². The smallest absolute Gasteiger partial charge is 0.416 e. The molecule has 21 heavy (non-hydrogen) atoms. The molecule has 0 saturated heterocycles. The van der Waals surface area contributed by atoms with Crippen molar-refractivity contribution in [1.29, 1.82) is 0 Å². The molecule has 0 saturated carbocycles. The van der Waals surface area contributed by atoms with Gasteiger partial charge in [-0.25, -0.2) is 0 Å². The molecule has 5 nitrogen and oxygen atoms in total. The third kappa shape index (κ3) is 4.19. The van der Waals surface area contributed by atoms with Gasteiger partial charge in [-0.3, -0.25) is 0 Å². The van der Waals surface area contributed by atoms with Crippen LogP contribution in [0.1, 0.15) is 12.5 Å². The van der Waals surface area contributed by atoms with Crippen molar-refractivity contribution in [3.63, 3.8) is 0 Å². The number of alkyl halides is 3. The van der Waals surface area contributed by atoms with E-state index in [4.69, 9.17) is 21.1 Å². The summed E-state index contributed by atoms with van der Waals surface area (Å²) in [6.45, 7) is 2.05. The summed E-state index contributed by atoms with van der Waals surface area (Å²) in [5.74, 6) is 0.132. The molecule has 0 radical (unpaired) electrons. The van der Waals surface area contributed by atoms with Crippen molar-refractivity contribution in [1.82, 2.24) is 15.0 Å². The molecule has 112 valence electrons. The summed E-state index contributed by atoms with van der Waals surface area (Å²) >= 11 is 5.67. The van der Waals surface area contributed by atoms with Crippen molar-refractivity contribution < 1.29 is 22.6 Å². The van der Waals surface area contributed by atoms with Gasteiger partial charge in [0.1, 0.15) is 5.75 Å². The standard InChI is InChI=1S/C12H9ClF3N3O2/c1-2-20-10-17-9(13)18-11(19-10)21-8-5-3-7(4-6-8)12(14,15)16/h3-6H,2H2,1H3. The summed E-state index contributed by atoms with van der Waals surface area (Å²) in [6.07, 6.45) is -4.41. The van der Waals surface area contributed by atoms with Gasteiger partial charge in [-0.1, -0.05) is 0 Å². The maximum atomic E-state index is 12.4. The van der Waals surface area contributed by atoms with E-state index in [0.717, 1.165) is 24.3 Å². The number of hydrogen-bond donors (Lipinski definition) is 0. The maximum absolute atomic E-state index is 12.4. The molecule has 1 heterocycles. The van der Waals surface area contributed by atoms with Crippen LogP contribution < -0.4 is 9.47 Å². The number of nitrogens with zero attached hydrogens (tertiary/aromatic N) is 3. The van der Waals surface area contributed by atoms with Crippen LogP contribution in [-0.2, 0) is 6.18 Å². The van der Waals surface area contributed by atoms with Crippen molar-refractivity contribution in [2.45, 2.75) is 13.1 Å². The molecule has 0 amide bonds. The fourth-order valence-electron chi connectivity index (χ4n) is 1.37. The van der Waals surface area contributed by atoms with Gasteiger partial charge in [0.15, 0.2) is 0 Å². The van der Waals surface area contributed by atoms with Crippen molar-refractivity contribution in [3.8, 4) is 17.8 Å². The number of hydrogen-bond acceptors (Lipinski definition) is 5. The lowest BCUT2D eigenvalue weighted by Gasteiger charge is -2.08. The van der Waals surface area contributed by atoms with Crippen LogP contribution in [0.2, 0.25) is 5.28 Å². The lowest BCUT2D eigenvalue weighted by atomic mass is 10.2. The molecule has 0 aliphatic rings. The molecule has 0 unspecified atom stereocenters. The van der Waals surface area contributed by atoms with E-state index in [2.05, 4.69) is 15.0 Å². The first-order chi connectivity index (χ1) is 9.88. The minimum atomic E-state index is -4.41. The van der Waals surface area contributed by atoms with Crippen molar-refractivity contribution in [2.24, 2.45) is 0 Å². The summed E-state index contributed by atoms with van der Waals surface area (Å²) < 4.78 is 47.6. The Kier molecular flexibility index (Phi) is 4.46. The zero-order valence-electron chi connectivity index (χ0n) is 10.7. The number of benzene rings is 1. The Hall–Kier alpha value is -2.09. The van der Waals surface area contributed by atoms with Crippen LogP contribution in [-0.4, -0.2) is 21.6 Å². The fourth-order valence-corrected chi connectivity index (χ4v) is 1.52. The maximum Gasteiger partial charge on any atom is 0.416 e. The molecular formula is C12H9ClF3N3O2. The van der Waals surface area contributed by atoms with Crippen LogP contribution in [0.3, 0.4) is 0 Å². The van der Waals surface area contributed by atoms with Gasteiger partial charge in [-0.15, -0.1) is 4.98 Å². The zero-order chi connectivity index (χ0) is 15.5. The van der Waals surface area contributed by atoms with Crippen LogP contribution in [0.4, 0.5) is 13.2 Å². The Labute approximate surface area is 122 Å². The minimum Gasteiger partial charge on any atom is -0.464 e. The Morgan fingerprint density at radius 1 is 1.05 bits per heavy atom. The number of halogens is 4. The predicted octanol–water partition coefficient (Wildman–Crippen LogP) is 3.73. The van der Waals surface area contributed by atoms with Crippen LogP contribution in [0, 0.1) is 0 Å². The zero-order valence-corrected chi connectivity index (χ0v) is 11.4. The average molecular weight is 320 g/mol. The summed E-state index contributed by atoms with van der Waals surface area (Å²) in [4.78, 5) is 11.2. The third-order valence-electron chi connectivity index (χ3n) is 2.23. The van der Waals surface area contributed by atoms with Gasteiger partial charge in [-0.05, 0) is 42.8 Å². The molecule has 0 atom stereocenters. The summed E-state index contributed by atoms with van der Waals surface area (Å²) in [5, 5.41) is -0.143. The normalized spacial score (nSPS) is 11.3. The second-order valence-electron chi connectivity index (χ2n) is 3.73. The molecule has 0 bridgehead atoms. The van der Waals surface area contributed by atoms with Gasteiger partial charge in [0.05, 0.1) is 12.2 Å². The molecule has 0 aliphatic heterocycles. The van der Waals surface area contributed by atoms with E-state index in [1.54, 1.807) is 6.92 Å². The molecule has 2 rings (SSSR count). The molecule has 9 heteroatoms. The molecule has 0 spiro atoms. The van der Waals surface area contributed by atoms with E-state index >= 15 is 0 Å². The molecule has 1 aromatic heterocycles. The predicted molar refractivity (Wildman–Crippen MR) is 67.5 cm³/mol. The van der Waals surface area contributed by atoms with E-state index in [-0.39, 0.29) is 23.1 Å². The highest BCUT2D eigenvalue weighted by Gasteiger charge is 2.30. The highest BCUT2D eigenvalue weighted by molar-refractivity contribution is 6.28. The third-order valence-corrected chi connectivity index (χ3v) is 2.40. The van der Waals surface area contributed by atoms with E-state index in [0.29, 0.717) is 6.61 Å². The Morgan fingerprint density at radius 2 is 1.67 bits per heavy atom. The van der Waals surface area contributed by atoms with Crippen LogP contribution in [0.25, 0.3) is 0 Å². The molecule has 0 fully saturated rings. The largest absolute Gasteiger partial charge is 0.464 e. The summed E-state index contributed by atoms with van der Waals surface area (Å²) in [6, 6.07) is 3.89. The van der Waals surface area contributed by atoms with Gasteiger partial charge >= 0.3 is 18.2 Å². The monoisotopic (exact) mass is 319 g/mol. The number of rotatable bonds is 4. The van der Waals surface area contributed by atoms with E-state index in [1.165, 1.54) is 0 Å². The van der Waals surface area contributed by atoms with Crippen LogP contribution >= 0.6 is 11.6 Å². The average Bonchev–Trinajstić information content (AvgIpc) is 2.38. The van der Waals surface area contributed by atoms with Gasteiger partial charge in [0.25, 0.3) is 0 Å². The first-order valence-corrected chi connectivity index (χ1v) is 6.16. The highest BCUT2D eigenvalue weighted by Crippen LogP contribution is 2.31. The number of aromatic nitrogens is 3. The van der Waals surface area contributed by atoms with Crippen molar-refractivity contribution in [3.05, 3.63) is 35.1 Å². The first kappa shape index (κ1) is 15.3. The highest BCUT2D eigenvalue weighted by atomic mass is 35.5. The molecule has 1 aromatic carbocycles. The van der Waals surface area contributed by atoms with E-state index in [9.17, 15) is 13.2 Å². The van der Waals surface area contributed by atoms with Gasteiger partial charge in [-0.2, -0.15) is 23.1 Å². The summed E-state index contributed by atoms with van der Waals surface area (Å²) in [7, 11) is 0. The van der Waals surface area contributed by atoms with Crippen molar-refractivity contribution >= 4 is 11.6 Å². The Balaban J connectivity index is 2.18. The topological polar surface area (TPSA) is 57.1 Å². The first-order valence-electron chi connectivity index (χ1n) is 5.78. The van der Waals surface area contributed by atoms with E-state index in [1.807, 2.05) is 0 Å². The second-order valence-corrected chi connectivity index (χ2v) is 4.06. The van der Waals surface area contributed by atoms with Crippen LogP contribution in [0.5, 0.6) is 17.8 Å². The fraction of sp³-hybridized carbons (Fsp3) is 0.250. The molecule has 0 N–H and O–H groups in total. The van der Waals surface area contributed by atoms with Crippen molar-refractivity contribution in [2.75, 3.05) is 6.61 Å². The van der Waals surface area contributed by atoms with Gasteiger partial charge in [0.2, 0.25) is 5.28 Å². The molecule has 0 aliphatic carbocycles. The summed E-state index contributed by atoms with van der Waals surface area (Å²) in [5.41, 5.74) is -0.779. The number of ether oxygens (including phenoxy) is 2. The lowest BCUT2D eigenvalue weighted by molar-refractivity contribution is -0.137. The quantitative estimate of drug-likeness (QED) is 0.859. The second kappa shape index (κ2) is 6.13.